The molecule has 0 spiro atoms. The molecule has 1 aliphatic carbocycles. The lowest BCUT2D eigenvalue weighted by Gasteiger charge is -2.31. The number of hydrogen-bond donors (Lipinski definition) is 2. The van der Waals surface area contributed by atoms with Gasteiger partial charge < -0.3 is 15.5 Å². The van der Waals surface area contributed by atoms with E-state index in [0.717, 1.165) is 42.0 Å². The summed E-state index contributed by atoms with van der Waals surface area (Å²) in [5.74, 6) is 1.00. The number of halogens is 2. The molecule has 8 heteroatoms. The molecule has 1 amide bonds. The van der Waals surface area contributed by atoms with E-state index in [-0.39, 0.29) is 35.3 Å². The summed E-state index contributed by atoms with van der Waals surface area (Å²) in [5, 5.41) is 6.68. The molecule has 1 aliphatic rings. The van der Waals surface area contributed by atoms with Gasteiger partial charge in [0.1, 0.15) is 0 Å². The first-order chi connectivity index (χ1) is 11.5. The number of aliphatic imine (C=N–C) groups is 1. The lowest BCUT2D eigenvalue weighted by Crippen LogP contribution is -2.49. The number of amides is 1. The fourth-order valence-corrected chi connectivity index (χ4v) is 4.59. The third kappa shape index (κ3) is 6.39. The van der Waals surface area contributed by atoms with Gasteiger partial charge in [-0.25, -0.2) is 4.99 Å². The van der Waals surface area contributed by atoms with Crippen molar-refractivity contribution in [2.45, 2.75) is 39.2 Å². The molecular formula is C17H28BrIN4OS. The molecule has 0 saturated heterocycles. The molecule has 5 nitrogen and oxygen atoms in total. The molecule has 25 heavy (non-hydrogen) atoms. The maximum Gasteiger partial charge on any atom is 0.230 e. The first kappa shape index (κ1) is 22.7. The number of nitrogens with one attached hydrogen (secondary N) is 2. The molecule has 1 saturated carbocycles. The number of carbonyl (C=O) groups is 1. The molecule has 1 aromatic rings. The number of carbonyl (C=O) groups excluding carboxylic acids is 1. The van der Waals surface area contributed by atoms with Crippen LogP contribution >= 0.6 is 51.2 Å². The van der Waals surface area contributed by atoms with Crippen LogP contribution in [0.15, 0.2) is 20.9 Å². The van der Waals surface area contributed by atoms with Crippen molar-refractivity contribution >= 4 is 63.1 Å². The Morgan fingerprint density at radius 2 is 2.00 bits per heavy atom. The van der Waals surface area contributed by atoms with E-state index in [2.05, 4.69) is 44.5 Å². The lowest BCUT2D eigenvalue weighted by molar-refractivity contribution is -0.138. The SMILES string of the molecule is CCNC(=NCc1ccc(Br)s1)NCC1(C(=O)N(C)C)CCCC1.I. The molecule has 1 heterocycles. The monoisotopic (exact) mass is 542 g/mol. The van der Waals surface area contributed by atoms with Crippen molar-refractivity contribution in [1.29, 1.82) is 0 Å². The van der Waals surface area contributed by atoms with E-state index in [4.69, 9.17) is 0 Å². The van der Waals surface area contributed by atoms with Crippen molar-refractivity contribution in [2.24, 2.45) is 10.4 Å². The highest BCUT2D eigenvalue weighted by molar-refractivity contribution is 14.0. The van der Waals surface area contributed by atoms with Gasteiger partial charge >= 0.3 is 0 Å². The van der Waals surface area contributed by atoms with Crippen LogP contribution in [-0.4, -0.2) is 44.0 Å². The molecule has 0 bridgehead atoms. The minimum Gasteiger partial charge on any atom is -0.357 e. The number of thiophene rings is 1. The fraction of sp³-hybridized carbons (Fsp3) is 0.647. The molecule has 0 unspecified atom stereocenters. The Morgan fingerprint density at radius 3 is 2.52 bits per heavy atom. The van der Waals surface area contributed by atoms with Gasteiger partial charge in [-0.15, -0.1) is 35.3 Å². The van der Waals surface area contributed by atoms with Crippen LogP contribution in [0.1, 0.15) is 37.5 Å². The van der Waals surface area contributed by atoms with Gasteiger partial charge in [0.25, 0.3) is 0 Å². The topological polar surface area (TPSA) is 56.7 Å². The second-order valence-corrected chi connectivity index (χ2v) is 8.99. The van der Waals surface area contributed by atoms with E-state index in [1.54, 1.807) is 16.2 Å². The highest BCUT2D eigenvalue weighted by Gasteiger charge is 2.42. The summed E-state index contributed by atoms with van der Waals surface area (Å²) >= 11 is 5.17. The number of rotatable bonds is 6. The Morgan fingerprint density at radius 1 is 1.32 bits per heavy atom. The van der Waals surface area contributed by atoms with Crippen LogP contribution in [0, 0.1) is 5.41 Å². The van der Waals surface area contributed by atoms with Crippen molar-refractivity contribution in [3.63, 3.8) is 0 Å². The minimum absolute atomic E-state index is 0. The van der Waals surface area contributed by atoms with Crippen LogP contribution in [0.25, 0.3) is 0 Å². The highest BCUT2D eigenvalue weighted by atomic mass is 127. The van der Waals surface area contributed by atoms with Crippen molar-refractivity contribution in [2.75, 3.05) is 27.2 Å². The van der Waals surface area contributed by atoms with E-state index in [0.29, 0.717) is 13.1 Å². The van der Waals surface area contributed by atoms with Crippen LogP contribution in [0.3, 0.4) is 0 Å². The first-order valence-corrected chi connectivity index (χ1v) is 10.1. The number of hydrogen-bond acceptors (Lipinski definition) is 3. The Bertz CT molecular complexity index is 585. The zero-order valence-electron chi connectivity index (χ0n) is 15.1. The zero-order valence-corrected chi connectivity index (χ0v) is 19.8. The van der Waals surface area contributed by atoms with Gasteiger partial charge in [0.05, 0.1) is 15.7 Å². The van der Waals surface area contributed by atoms with E-state index in [1.165, 1.54) is 4.88 Å². The molecule has 0 atom stereocenters. The molecule has 0 radical (unpaired) electrons. The van der Waals surface area contributed by atoms with Crippen LogP contribution in [0.5, 0.6) is 0 Å². The molecule has 2 N–H and O–H groups in total. The van der Waals surface area contributed by atoms with Gasteiger partial charge in [0.2, 0.25) is 5.91 Å². The van der Waals surface area contributed by atoms with Crippen LogP contribution < -0.4 is 10.6 Å². The summed E-state index contributed by atoms with van der Waals surface area (Å²) in [7, 11) is 3.69. The van der Waals surface area contributed by atoms with Crippen molar-refractivity contribution in [3.05, 3.63) is 20.8 Å². The highest BCUT2D eigenvalue weighted by Crippen LogP contribution is 2.38. The Kier molecular flexibility index (Phi) is 9.73. The van der Waals surface area contributed by atoms with Gasteiger partial charge in [0.15, 0.2) is 5.96 Å². The molecular weight excluding hydrogens is 515 g/mol. The van der Waals surface area contributed by atoms with Gasteiger partial charge in [-0.1, -0.05) is 12.8 Å². The van der Waals surface area contributed by atoms with Gasteiger partial charge in [-0.2, -0.15) is 0 Å². The number of guanidine groups is 1. The largest absolute Gasteiger partial charge is 0.357 e. The van der Waals surface area contributed by atoms with E-state index in [9.17, 15) is 4.79 Å². The summed E-state index contributed by atoms with van der Waals surface area (Å²) in [6.07, 6.45) is 4.15. The minimum atomic E-state index is -0.286. The molecule has 142 valence electrons. The van der Waals surface area contributed by atoms with E-state index in [1.807, 2.05) is 20.2 Å². The van der Waals surface area contributed by atoms with Crippen molar-refractivity contribution in [3.8, 4) is 0 Å². The van der Waals surface area contributed by atoms with Crippen molar-refractivity contribution in [1.82, 2.24) is 15.5 Å². The molecule has 1 fully saturated rings. The fourth-order valence-electron chi connectivity index (χ4n) is 3.18. The summed E-state index contributed by atoms with van der Waals surface area (Å²) in [4.78, 5) is 20.2. The predicted molar refractivity (Wildman–Crippen MR) is 120 cm³/mol. The lowest BCUT2D eigenvalue weighted by atomic mass is 9.84. The zero-order chi connectivity index (χ0) is 17.6. The Hall–Kier alpha value is -0.350. The number of nitrogens with zero attached hydrogens (tertiary/aromatic N) is 2. The Balaban J connectivity index is 0.00000312. The Labute approximate surface area is 180 Å². The maximum atomic E-state index is 12.6. The van der Waals surface area contributed by atoms with Gasteiger partial charge in [0, 0.05) is 32.1 Å². The van der Waals surface area contributed by atoms with Crippen LogP contribution in [0.2, 0.25) is 0 Å². The van der Waals surface area contributed by atoms with Crippen LogP contribution in [-0.2, 0) is 11.3 Å². The average molecular weight is 543 g/mol. The van der Waals surface area contributed by atoms with Crippen molar-refractivity contribution < 1.29 is 4.79 Å². The third-order valence-corrected chi connectivity index (χ3v) is 5.99. The molecule has 1 aromatic heterocycles. The van der Waals surface area contributed by atoms with Crippen LogP contribution in [0.4, 0.5) is 0 Å². The molecule has 0 aromatic carbocycles. The maximum absolute atomic E-state index is 12.6. The third-order valence-electron chi connectivity index (χ3n) is 4.38. The summed E-state index contributed by atoms with van der Waals surface area (Å²) in [5.41, 5.74) is -0.286. The average Bonchev–Trinajstić information content (AvgIpc) is 3.19. The summed E-state index contributed by atoms with van der Waals surface area (Å²) in [6, 6.07) is 4.12. The normalized spacial score (nSPS) is 16.2. The van der Waals surface area contributed by atoms with Gasteiger partial charge in [-0.05, 0) is 47.8 Å². The second-order valence-electron chi connectivity index (χ2n) is 6.44. The van der Waals surface area contributed by atoms with Gasteiger partial charge in [-0.3, -0.25) is 4.79 Å². The first-order valence-electron chi connectivity index (χ1n) is 8.45. The summed E-state index contributed by atoms with van der Waals surface area (Å²) in [6.45, 7) is 4.13. The summed E-state index contributed by atoms with van der Waals surface area (Å²) < 4.78 is 1.12. The van der Waals surface area contributed by atoms with E-state index >= 15 is 0 Å². The molecule has 2 rings (SSSR count). The molecule has 0 aliphatic heterocycles. The van der Waals surface area contributed by atoms with E-state index < -0.39 is 0 Å². The smallest absolute Gasteiger partial charge is 0.230 e. The standard InChI is InChI=1S/C17H27BrN4OS.HI/c1-4-19-16(20-11-13-7-8-14(18)24-13)21-12-17(9-5-6-10-17)15(23)22(2)3;/h7-8H,4-6,9-12H2,1-3H3,(H2,19,20,21);1H. The quantitative estimate of drug-likeness (QED) is 0.326. The second kappa shape index (κ2) is 10.7. The predicted octanol–water partition coefficient (Wildman–Crippen LogP) is 3.83.